The highest BCUT2D eigenvalue weighted by Gasteiger charge is 2.19. The molecule has 0 fully saturated rings. The minimum Gasteiger partial charge on any atom is -0.504 e. The number of aromatic nitrogens is 4. The van der Waals surface area contributed by atoms with E-state index in [4.69, 9.17) is 4.74 Å². The molecule has 0 saturated heterocycles. The van der Waals surface area contributed by atoms with Gasteiger partial charge in [-0.05, 0) is 23.8 Å². The number of nitrogens with zero attached hydrogens (tertiary/aromatic N) is 3. The summed E-state index contributed by atoms with van der Waals surface area (Å²) in [5.74, 6) is -0.323. The number of allylic oxidation sites excluding steroid dienone is 1. The highest BCUT2D eigenvalue weighted by Crippen LogP contribution is 2.19. The van der Waals surface area contributed by atoms with Gasteiger partial charge >= 0.3 is 0 Å². The lowest BCUT2D eigenvalue weighted by Gasteiger charge is -2.08. The van der Waals surface area contributed by atoms with Crippen LogP contribution in [0.3, 0.4) is 0 Å². The van der Waals surface area contributed by atoms with E-state index in [9.17, 15) is 14.7 Å². The smallest absolute Gasteiger partial charge is 0.215 e. The van der Waals surface area contributed by atoms with Gasteiger partial charge in [0.25, 0.3) is 0 Å². The summed E-state index contributed by atoms with van der Waals surface area (Å²) in [5.41, 5.74) is 2.06. The summed E-state index contributed by atoms with van der Waals surface area (Å²) in [6.45, 7) is 0.350. The standard InChI is InChI=1S/C24H20N4O4/c1-32-19-9-7-16(8-10-19)13-28-14-18(23(31)17-5-3-2-4-6-17)11-20(28)21(29)12-22(30)24-25-15-26-27-24/h2-12,14-15,30H,13H2,1H3,(H,25,26,27). The molecule has 2 N–H and O–H groups in total. The number of methoxy groups -OCH3 is 1. The second-order valence-electron chi connectivity index (χ2n) is 7.00. The molecule has 0 unspecified atom stereocenters. The molecular formula is C24H20N4O4. The van der Waals surface area contributed by atoms with Crippen molar-refractivity contribution in [1.29, 1.82) is 0 Å². The monoisotopic (exact) mass is 428 g/mol. The van der Waals surface area contributed by atoms with E-state index in [1.807, 2.05) is 30.3 Å². The summed E-state index contributed by atoms with van der Waals surface area (Å²) in [4.78, 5) is 29.8. The average molecular weight is 428 g/mol. The summed E-state index contributed by atoms with van der Waals surface area (Å²) in [6.07, 6.45) is 3.98. The summed E-state index contributed by atoms with van der Waals surface area (Å²) in [6, 6.07) is 17.8. The van der Waals surface area contributed by atoms with Crippen molar-refractivity contribution in [1.82, 2.24) is 19.7 Å². The predicted molar refractivity (Wildman–Crippen MR) is 118 cm³/mol. The number of aliphatic hydroxyl groups excluding tert-OH is 1. The number of carbonyl (C=O) groups excluding carboxylic acids is 2. The molecule has 0 aliphatic rings. The molecule has 4 aromatic rings. The Kier molecular flexibility index (Phi) is 5.94. The molecule has 0 amide bonds. The molecule has 2 aromatic heterocycles. The van der Waals surface area contributed by atoms with Gasteiger partial charge in [-0.3, -0.25) is 14.7 Å². The second-order valence-corrected chi connectivity index (χ2v) is 7.00. The third-order valence-corrected chi connectivity index (χ3v) is 4.87. The van der Waals surface area contributed by atoms with Crippen LogP contribution in [-0.2, 0) is 6.54 Å². The highest BCUT2D eigenvalue weighted by atomic mass is 16.5. The molecule has 32 heavy (non-hydrogen) atoms. The number of hydrogen-bond donors (Lipinski definition) is 2. The number of carbonyl (C=O) groups is 2. The molecular weight excluding hydrogens is 408 g/mol. The van der Waals surface area contributed by atoms with Gasteiger partial charge in [0.1, 0.15) is 12.1 Å². The summed E-state index contributed by atoms with van der Waals surface area (Å²) >= 11 is 0. The minimum atomic E-state index is -0.479. The maximum Gasteiger partial charge on any atom is 0.215 e. The number of ether oxygens (including phenoxy) is 1. The number of aliphatic hydroxyl groups is 1. The Morgan fingerprint density at radius 3 is 2.50 bits per heavy atom. The third-order valence-electron chi connectivity index (χ3n) is 4.87. The van der Waals surface area contributed by atoms with Crippen molar-refractivity contribution in [3.05, 3.63) is 107 Å². The number of H-pyrrole nitrogens is 1. The fourth-order valence-electron chi connectivity index (χ4n) is 3.25. The van der Waals surface area contributed by atoms with Gasteiger partial charge < -0.3 is 14.4 Å². The van der Waals surface area contributed by atoms with Gasteiger partial charge in [-0.25, -0.2) is 4.98 Å². The molecule has 4 rings (SSSR count). The van der Waals surface area contributed by atoms with Gasteiger partial charge in [0, 0.05) is 29.9 Å². The van der Waals surface area contributed by atoms with Crippen molar-refractivity contribution in [2.45, 2.75) is 6.54 Å². The number of benzene rings is 2. The van der Waals surface area contributed by atoms with E-state index in [1.54, 1.807) is 42.1 Å². The van der Waals surface area contributed by atoms with Crippen molar-refractivity contribution < 1.29 is 19.4 Å². The van der Waals surface area contributed by atoms with Crippen LogP contribution in [0.15, 0.2) is 79.3 Å². The fraction of sp³-hybridized carbons (Fsp3) is 0.0833. The van der Waals surface area contributed by atoms with E-state index in [1.165, 1.54) is 12.4 Å². The van der Waals surface area contributed by atoms with Crippen molar-refractivity contribution in [2.24, 2.45) is 0 Å². The normalized spacial score (nSPS) is 11.3. The maximum atomic E-state index is 13.0. The molecule has 0 atom stereocenters. The number of nitrogens with one attached hydrogen (secondary N) is 1. The van der Waals surface area contributed by atoms with Gasteiger partial charge in [0.2, 0.25) is 11.6 Å². The minimum absolute atomic E-state index is 0.00666. The Balaban J connectivity index is 1.70. The first-order valence-corrected chi connectivity index (χ1v) is 9.79. The largest absolute Gasteiger partial charge is 0.504 e. The summed E-state index contributed by atoms with van der Waals surface area (Å²) in [5, 5.41) is 16.4. The number of rotatable bonds is 8. The fourth-order valence-corrected chi connectivity index (χ4v) is 3.25. The second kappa shape index (κ2) is 9.13. The quantitative estimate of drug-likeness (QED) is 0.252. The van der Waals surface area contributed by atoms with Crippen LogP contribution in [0.5, 0.6) is 5.75 Å². The van der Waals surface area contributed by atoms with Crippen LogP contribution in [0.1, 0.15) is 37.8 Å². The summed E-state index contributed by atoms with van der Waals surface area (Å²) in [7, 11) is 1.59. The predicted octanol–water partition coefficient (Wildman–Crippen LogP) is 3.68. The first-order chi connectivity index (χ1) is 15.5. The van der Waals surface area contributed by atoms with Crippen LogP contribution in [0.4, 0.5) is 0 Å². The van der Waals surface area contributed by atoms with Crippen molar-refractivity contribution in [3.63, 3.8) is 0 Å². The Morgan fingerprint density at radius 1 is 1.09 bits per heavy atom. The zero-order valence-electron chi connectivity index (χ0n) is 17.2. The lowest BCUT2D eigenvalue weighted by Crippen LogP contribution is -2.08. The Morgan fingerprint density at radius 2 is 1.84 bits per heavy atom. The molecule has 0 aliphatic heterocycles. The zero-order chi connectivity index (χ0) is 22.5. The van der Waals surface area contributed by atoms with Crippen LogP contribution in [-0.4, -0.2) is 43.5 Å². The van der Waals surface area contributed by atoms with E-state index in [-0.39, 0.29) is 23.1 Å². The average Bonchev–Trinajstić information content (AvgIpc) is 3.50. The molecule has 0 saturated carbocycles. The molecule has 0 bridgehead atoms. The molecule has 160 valence electrons. The van der Waals surface area contributed by atoms with Crippen LogP contribution in [0.2, 0.25) is 0 Å². The Hall–Kier alpha value is -4.46. The SMILES string of the molecule is COc1ccc(Cn2cc(C(=O)c3ccccc3)cc2C(=O)C=C(O)c2nc[nH]n2)cc1. The number of hydrogen-bond acceptors (Lipinski definition) is 6. The molecule has 8 heteroatoms. The van der Waals surface area contributed by atoms with Gasteiger partial charge in [-0.15, -0.1) is 0 Å². The maximum absolute atomic E-state index is 13.0. The molecule has 0 radical (unpaired) electrons. The van der Waals surface area contributed by atoms with Crippen LogP contribution < -0.4 is 4.74 Å². The van der Waals surface area contributed by atoms with Crippen molar-refractivity contribution in [3.8, 4) is 5.75 Å². The van der Waals surface area contributed by atoms with E-state index in [0.717, 1.165) is 17.4 Å². The van der Waals surface area contributed by atoms with Gasteiger partial charge in [0.15, 0.2) is 11.5 Å². The van der Waals surface area contributed by atoms with E-state index < -0.39 is 5.78 Å². The van der Waals surface area contributed by atoms with Crippen LogP contribution in [0, 0.1) is 0 Å². The lowest BCUT2D eigenvalue weighted by molar-refractivity contribution is 0.103. The van der Waals surface area contributed by atoms with Crippen molar-refractivity contribution in [2.75, 3.05) is 7.11 Å². The van der Waals surface area contributed by atoms with Gasteiger partial charge in [0.05, 0.1) is 12.8 Å². The van der Waals surface area contributed by atoms with Crippen LogP contribution in [0.25, 0.3) is 5.76 Å². The van der Waals surface area contributed by atoms with Crippen molar-refractivity contribution >= 4 is 17.3 Å². The Labute approximate surface area is 183 Å². The molecule has 2 aromatic carbocycles. The molecule has 2 heterocycles. The van der Waals surface area contributed by atoms with Gasteiger partial charge in [-0.2, -0.15) is 5.10 Å². The summed E-state index contributed by atoms with van der Waals surface area (Å²) < 4.78 is 6.87. The first kappa shape index (κ1) is 20.8. The topological polar surface area (TPSA) is 110 Å². The highest BCUT2D eigenvalue weighted by molar-refractivity contribution is 6.12. The lowest BCUT2D eigenvalue weighted by atomic mass is 10.1. The third kappa shape index (κ3) is 4.49. The van der Waals surface area contributed by atoms with E-state index >= 15 is 0 Å². The van der Waals surface area contributed by atoms with Crippen LogP contribution >= 0.6 is 0 Å². The molecule has 0 aliphatic carbocycles. The Bertz CT molecular complexity index is 1260. The first-order valence-electron chi connectivity index (χ1n) is 9.79. The number of ketones is 2. The van der Waals surface area contributed by atoms with E-state index in [0.29, 0.717) is 17.7 Å². The van der Waals surface area contributed by atoms with Gasteiger partial charge in [-0.1, -0.05) is 42.5 Å². The number of aromatic amines is 1. The van der Waals surface area contributed by atoms with E-state index in [2.05, 4.69) is 15.2 Å². The molecule has 0 spiro atoms. The molecule has 8 nitrogen and oxygen atoms in total. The zero-order valence-corrected chi connectivity index (χ0v) is 17.2.